The summed E-state index contributed by atoms with van der Waals surface area (Å²) < 4.78 is 46.1. The van der Waals surface area contributed by atoms with Crippen LogP contribution in [0.2, 0.25) is 0 Å². The molecule has 0 saturated carbocycles. The number of rotatable bonds is 5. The van der Waals surface area contributed by atoms with E-state index in [1.54, 1.807) is 12.4 Å². The molecule has 3 aromatic heterocycles. The molecule has 0 bridgehead atoms. The maximum atomic E-state index is 14.5. The molecular formula is C19H12F3N7O. The molecule has 150 valence electrons. The van der Waals surface area contributed by atoms with Gasteiger partial charge < -0.3 is 4.42 Å². The molecule has 0 unspecified atom stereocenters. The van der Waals surface area contributed by atoms with E-state index in [1.807, 2.05) is 18.2 Å². The van der Waals surface area contributed by atoms with Crippen molar-refractivity contribution in [3.05, 3.63) is 66.1 Å². The van der Waals surface area contributed by atoms with Crippen LogP contribution in [0.15, 0.2) is 53.2 Å². The Labute approximate surface area is 166 Å². The second kappa shape index (κ2) is 7.10. The zero-order valence-corrected chi connectivity index (χ0v) is 15.1. The summed E-state index contributed by atoms with van der Waals surface area (Å²) in [7, 11) is 0. The van der Waals surface area contributed by atoms with Crippen molar-refractivity contribution in [3.63, 3.8) is 0 Å². The van der Waals surface area contributed by atoms with Gasteiger partial charge in [0.2, 0.25) is 5.89 Å². The van der Waals surface area contributed by atoms with Gasteiger partial charge >= 0.3 is 6.43 Å². The van der Waals surface area contributed by atoms with E-state index in [4.69, 9.17) is 4.42 Å². The van der Waals surface area contributed by atoms with Crippen molar-refractivity contribution in [1.29, 1.82) is 0 Å². The van der Waals surface area contributed by atoms with Crippen LogP contribution in [0.25, 0.3) is 33.6 Å². The average Bonchev–Trinajstić information content (AvgIpc) is 3.49. The Morgan fingerprint density at radius 1 is 1.03 bits per heavy atom. The van der Waals surface area contributed by atoms with Gasteiger partial charge in [-0.15, -0.1) is 15.3 Å². The lowest BCUT2D eigenvalue weighted by atomic mass is 10.1. The zero-order valence-electron chi connectivity index (χ0n) is 15.1. The number of benzene rings is 2. The number of hydrogen-bond acceptors (Lipinski definition) is 6. The molecule has 0 atom stereocenters. The highest BCUT2D eigenvalue weighted by Crippen LogP contribution is 2.25. The van der Waals surface area contributed by atoms with E-state index < -0.39 is 18.1 Å². The highest BCUT2D eigenvalue weighted by Gasteiger charge is 2.18. The van der Waals surface area contributed by atoms with Gasteiger partial charge in [-0.2, -0.15) is 13.9 Å². The third-order valence-corrected chi connectivity index (χ3v) is 4.53. The highest BCUT2D eigenvalue weighted by atomic mass is 19.3. The molecule has 0 fully saturated rings. The van der Waals surface area contributed by atoms with Gasteiger partial charge in [-0.25, -0.2) is 9.07 Å². The maximum absolute atomic E-state index is 14.5. The summed E-state index contributed by atoms with van der Waals surface area (Å²) >= 11 is 0. The van der Waals surface area contributed by atoms with Gasteiger partial charge in [-0.05, 0) is 24.3 Å². The van der Waals surface area contributed by atoms with Crippen molar-refractivity contribution in [2.24, 2.45) is 0 Å². The molecule has 0 aliphatic heterocycles. The second-order valence-electron chi connectivity index (χ2n) is 6.53. The van der Waals surface area contributed by atoms with Crippen LogP contribution in [-0.2, 0) is 6.54 Å². The second-order valence-corrected chi connectivity index (χ2v) is 6.53. The Bertz CT molecular complexity index is 1340. The molecule has 0 amide bonds. The third-order valence-electron chi connectivity index (χ3n) is 4.53. The van der Waals surface area contributed by atoms with Gasteiger partial charge in [0.05, 0.1) is 24.5 Å². The lowest BCUT2D eigenvalue weighted by Gasteiger charge is -2.04. The third kappa shape index (κ3) is 3.30. The fraction of sp³-hybridized carbons (Fsp3) is 0.105. The summed E-state index contributed by atoms with van der Waals surface area (Å²) in [6.07, 6.45) is 0.543. The minimum atomic E-state index is -2.88. The van der Waals surface area contributed by atoms with Gasteiger partial charge in [0, 0.05) is 22.1 Å². The normalized spacial score (nSPS) is 11.6. The molecule has 5 aromatic rings. The number of aromatic nitrogens is 7. The van der Waals surface area contributed by atoms with Crippen LogP contribution >= 0.6 is 0 Å². The smallest absolute Gasteiger partial charge is 0.314 e. The monoisotopic (exact) mass is 411 g/mol. The average molecular weight is 411 g/mol. The predicted molar refractivity (Wildman–Crippen MR) is 98.9 cm³/mol. The number of fused-ring (bicyclic) bond motifs is 1. The van der Waals surface area contributed by atoms with Gasteiger partial charge in [0.25, 0.3) is 5.89 Å². The quantitative estimate of drug-likeness (QED) is 0.470. The molecule has 0 spiro atoms. The largest absolute Gasteiger partial charge is 0.415 e. The number of halogens is 3. The lowest BCUT2D eigenvalue weighted by Crippen LogP contribution is -2.03. The Morgan fingerprint density at radius 3 is 2.70 bits per heavy atom. The highest BCUT2D eigenvalue weighted by molar-refractivity contribution is 5.83. The summed E-state index contributed by atoms with van der Waals surface area (Å²) in [4.78, 5) is 0. The molecule has 0 radical (unpaired) electrons. The first-order valence-electron chi connectivity index (χ1n) is 8.81. The van der Waals surface area contributed by atoms with Crippen LogP contribution in [0, 0.1) is 5.82 Å². The molecule has 2 aromatic carbocycles. The molecule has 30 heavy (non-hydrogen) atoms. The summed E-state index contributed by atoms with van der Waals surface area (Å²) in [5, 5.41) is 22.8. The van der Waals surface area contributed by atoms with Crippen molar-refractivity contribution in [3.8, 4) is 22.7 Å². The zero-order chi connectivity index (χ0) is 20.7. The molecule has 0 aliphatic rings. The van der Waals surface area contributed by atoms with Crippen molar-refractivity contribution in [2.45, 2.75) is 13.0 Å². The minimum absolute atomic E-state index is 0.138. The van der Waals surface area contributed by atoms with Gasteiger partial charge in [-0.1, -0.05) is 17.3 Å². The molecule has 1 N–H and O–H groups in total. The topological polar surface area (TPSA) is 98.3 Å². The lowest BCUT2D eigenvalue weighted by molar-refractivity contribution is 0.116. The SMILES string of the molecule is Fc1cc(-c2nnc(C(F)F)o2)ccc1Cn1cc(-c2ccc3[nH]ncc3c2)nn1. The number of aromatic amines is 1. The Morgan fingerprint density at radius 2 is 1.90 bits per heavy atom. The van der Waals surface area contributed by atoms with Gasteiger partial charge in [-0.3, -0.25) is 5.10 Å². The number of alkyl halides is 2. The summed E-state index contributed by atoms with van der Waals surface area (Å²) in [6.45, 7) is 0.138. The number of H-pyrrole nitrogens is 1. The first-order chi connectivity index (χ1) is 14.6. The van der Waals surface area contributed by atoms with E-state index >= 15 is 0 Å². The first kappa shape index (κ1) is 18.0. The summed E-state index contributed by atoms with van der Waals surface area (Å²) in [5.41, 5.74) is 2.96. The standard InChI is InChI=1S/C19H12F3N7O/c20-14-6-11(18-26-27-19(30-18)17(21)22)1-2-12(14)8-29-9-16(25-28-29)10-3-4-15-13(5-10)7-23-24-15/h1-7,9,17H,8H2,(H,23,24). The Balaban J connectivity index is 1.36. The molecule has 3 heterocycles. The number of hydrogen-bond donors (Lipinski definition) is 1. The van der Waals surface area contributed by atoms with Gasteiger partial charge in [0.1, 0.15) is 11.5 Å². The number of nitrogens with one attached hydrogen (secondary N) is 1. The predicted octanol–water partition coefficient (Wildman–Crippen LogP) is 4.00. The van der Waals surface area contributed by atoms with E-state index in [1.165, 1.54) is 16.8 Å². The van der Waals surface area contributed by atoms with Crippen LogP contribution in [0.4, 0.5) is 13.2 Å². The maximum Gasteiger partial charge on any atom is 0.314 e. The molecule has 5 rings (SSSR count). The van der Waals surface area contributed by atoms with Crippen molar-refractivity contribution < 1.29 is 17.6 Å². The Kier molecular flexibility index (Phi) is 4.27. The number of nitrogens with zero attached hydrogens (tertiary/aromatic N) is 6. The summed E-state index contributed by atoms with van der Waals surface area (Å²) in [5.74, 6) is -1.53. The fourth-order valence-electron chi connectivity index (χ4n) is 3.03. The van der Waals surface area contributed by atoms with E-state index in [2.05, 4.69) is 30.7 Å². The first-order valence-corrected chi connectivity index (χ1v) is 8.81. The van der Waals surface area contributed by atoms with Crippen LogP contribution in [0.5, 0.6) is 0 Å². The van der Waals surface area contributed by atoms with Crippen LogP contribution in [-0.4, -0.2) is 35.4 Å². The Hall–Kier alpha value is -4.02. The van der Waals surface area contributed by atoms with Crippen molar-refractivity contribution >= 4 is 10.9 Å². The van der Waals surface area contributed by atoms with Crippen LogP contribution in [0.3, 0.4) is 0 Å². The van der Waals surface area contributed by atoms with E-state index in [0.29, 0.717) is 11.3 Å². The molecule has 0 aliphatic carbocycles. The van der Waals surface area contributed by atoms with E-state index in [-0.39, 0.29) is 18.0 Å². The molecule has 8 nitrogen and oxygen atoms in total. The van der Waals surface area contributed by atoms with Gasteiger partial charge in [0.15, 0.2) is 0 Å². The summed E-state index contributed by atoms with van der Waals surface area (Å²) in [6, 6.07) is 9.90. The molecule has 11 heteroatoms. The minimum Gasteiger partial charge on any atom is -0.415 e. The van der Waals surface area contributed by atoms with E-state index in [0.717, 1.165) is 22.5 Å². The van der Waals surface area contributed by atoms with Crippen molar-refractivity contribution in [1.82, 2.24) is 35.4 Å². The molecule has 0 saturated heterocycles. The van der Waals surface area contributed by atoms with Crippen molar-refractivity contribution in [2.75, 3.05) is 0 Å². The molecular weight excluding hydrogens is 399 g/mol. The van der Waals surface area contributed by atoms with E-state index in [9.17, 15) is 13.2 Å². The van der Waals surface area contributed by atoms with Crippen LogP contribution in [0.1, 0.15) is 17.9 Å². The fourth-order valence-corrected chi connectivity index (χ4v) is 3.03. The van der Waals surface area contributed by atoms with Crippen LogP contribution < -0.4 is 0 Å².